The Hall–Kier alpha value is -1.85. The van der Waals surface area contributed by atoms with Gasteiger partial charge in [-0.2, -0.15) is 0 Å². The summed E-state index contributed by atoms with van der Waals surface area (Å²) in [6.45, 7) is 4.07. The Morgan fingerprint density at radius 3 is 3.00 bits per heavy atom. The molecule has 0 spiro atoms. The molecule has 1 unspecified atom stereocenters. The first-order valence-electron chi connectivity index (χ1n) is 7.16. The molecule has 1 fully saturated rings. The Morgan fingerprint density at radius 2 is 2.29 bits per heavy atom. The van der Waals surface area contributed by atoms with Crippen LogP contribution < -0.4 is 11.1 Å². The van der Waals surface area contributed by atoms with Crippen LogP contribution >= 0.6 is 0 Å². The van der Waals surface area contributed by atoms with E-state index in [9.17, 15) is 0 Å². The number of fused-ring (bicyclic) bond motifs is 1. The van der Waals surface area contributed by atoms with Crippen molar-refractivity contribution in [3.05, 3.63) is 30.0 Å². The summed E-state index contributed by atoms with van der Waals surface area (Å²) >= 11 is 0. The Kier molecular flexibility index (Phi) is 3.69. The van der Waals surface area contributed by atoms with Crippen molar-refractivity contribution in [3.63, 3.8) is 0 Å². The summed E-state index contributed by atoms with van der Waals surface area (Å²) in [6.07, 6.45) is 0.903. The molecule has 112 valence electrons. The fourth-order valence-corrected chi connectivity index (χ4v) is 2.74. The smallest absolute Gasteiger partial charge is 0.110 e. The monoisotopic (exact) mass is 287 g/mol. The van der Waals surface area contributed by atoms with Gasteiger partial charge in [0.05, 0.1) is 12.1 Å². The first-order chi connectivity index (χ1) is 10.1. The van der Waals surface area contributed by atoms with Gasteiger partial charge in [-0.3, -0.25) is 4.98 Å². The number of nitrogens with one attached hydrogen (secondary N) is 1. The highest BCUT2D eigenvalue weighted by molar-refractivity contribution is 5.93. The molecule has 0 saturated carbocycles. The van der Waals surface area contributed by atoms with E-state index in [-0.39, 0.29) is 5.60 Å². The molecule has 3 rings (SSSR count). The summed E-state index contributed by atoms with van der Waals surface area (Å²) in [5.41, 5.74) is 9.35. The van der Waals surface area contributed by atoms with Crippen LogP contribution in [0, 0.1) is 6.92 Å². The summed E-state index contributed by atoms with van der Waals surface area (Å²) in [5, 5.41) is 4.52. The maximum absolute atomic E-state index is 5.90. The van der Waals surface area contributed by atoms with Crippen molar-refractivity contribution in [2.45, 2.75) is 18.9 Å². The molecular weight excluding hydrogens is 266 g/mol. The molecule has 2 aromatic rings. The highest BCUT2D eigenvalue weighted by atomic mass is 16.5. The number of hydrogen-bond donors (Lipinski definition) is 2. The van der Waals surface area contributed by atoms with Crippen LogP contribution in [0.25, 0.3) is 10.9 Å². The van der Waals surface area contributed by atoms with Gasteiger partial charge in [0, 0.05) is 49.1 Å². The number of anilines is 2. The number of nitrogens with two attached hydrogens (primary N) is 1. The third-order valence-corrected chi connectivity index (χ3v) is 4.06. The summed E-state index contributed by atoms with van der Waals surface area (Å²) in [7, 11) is 1.74. The fourth-order valence-electron chi connectivity index (χ4n) is 2.74. The predicted octanol–water partition coefficient (Wildman–Crippen LogP) is 2.34. The molecule has 5 nitrogen and oxygen atoms in total. The zero-order valence-corrected chi connectivity index (χ0v) is 12.5. The standard InChI is InChI=1S/C16H21N3O2/c1-11-7-15(13-8-12(17)3-4-14(13)19-11)18-9-16(20-2)5-6-21-10-16/h3-4,7-8H,5-6,9-10,17H2,1-2H3,(H,18,19). The molecule has 1 aliphatic rings. The number of methoxy groups -OCH3 is 1. The minimum absolute atomic E-state index is 0.246. The Labute approximate surface area is 124 Å². The van der Waals surface area contributed by atoms with Crippen LogP contribution in [0.15, 0.2) is 24.3 Å². The van der Waals surface area contributed by atoms with Crippen LogP contribution in [0.4, 0.5) is 11.4 Å². The van der Waals surface area contributed by atoms with Crippen LogP contribution in [0.2, 0.25) is 0 Å². The molecule has 5 heteroatoms. The number of benzene rings is 1. The molecule has 0 radical (unpaired) electrons. The van der Waals surface area contributed by atoms with Gasteiger partial charge in [-0.15, -0.1) is 0 Å². The Balaban J connectivity index is 1.91. The predicted molar refractivity (Wildman–Crippen MR) is 84.6 cm³/mol. The molecule has 0 bridgehead atoms. The zero-order valence-electron chi connectivity index (χ0n) is 12.5. The van der Waals surface area contributed by atoms with Gasteiger partial charge < -0.3 is 20.5 Å². The Morgan fingerprint density at radius 1 is 1.43 bits per heavy atom. The number of hydrogen-bond acceptors (Lipinski definition) is 5. The molecule has 2 heterocycles. The highest BCUT2D eigenvalue weighted by Crippen LogP contribution is 2.28. The van der Waals surface area contributed by atoms with Gasteiger partial charge in [0.1, 0.15) is 5.60 Å². The molecule has 1 aromatic heterocycles. The largest absolute Gasteiger partial charge is 0.399 e. The summed E-state index contributed by atoms with van der Waals surface area (Å²) in [6, 6.07) is 7.82. The number of pyridine rings is 1. The number of nitrogens with zero attached hydrogens (tertiary/aromatic N) is 1. The lowest BCUT2D eigenvalue weighted by Crippen LogP contribution is -2.39. The van der Waals surface area contributed by atoms with Crippen molar-refractivity contribution >= 4 is 22.3 Å². The van der Waals surface area contributed by atoms with Gasteiger partial charge >= 0.3 is 0 Å². The van der Waals surface area contributed by atoms with Gasteiger partial charge in [0.25, 0.3) is 0 Å². The first kappa shape index (κ1) is 14.1. The number of aromatic nitrogens is 1. The fraction of sp³-hybridized carbons (Fsp3) is 0.438. The quantitative estimate of drug-likeness (QED) is 0.845. The molecule has 3 N–H and O–H groups in total. The van der Waals surface area contributed by atoms with E-state index in [1.54, 1.807) is 7.11 Å². The van der Waals surface area contributed by atoms with E-state index >= 15 is 0 Å². The van der Waals surface area contributed by atoms with Crippen molar-refractivity contribution in [1.82, 2.24) is 4.98 Å². The van der Waals surface area contributed by atoms with Crippen LogP contribution in [0.5, 0.6) is 0 Å². The SMILES string of the molecule is COC1(CNc2cc(C)nc3ccc(N)cc23)CCOC1. The zero-order chi connectivity index (χ0) is 14.9. The molecule has 1 atom stereocenters. The average molecular weight is 287 g/mol. The van der Waals surface area contributed by atoms with Crippen LogP contribution in [-0.4, -0.2) is 37.5 Å². The average Bonchev–Trinajstić information content (AvgIpc) is 2.95. The van der Waals surface area contributed by atoms with Gasteiger partial charge in [0.2, 0.25) is 0 Å². The van der Waals surface area contributed by atoms with Gasteiger partial charge in [0.15, 0.2) is 0 Å². The molecule has 1 aromatic carbocycles. The van der Waals surface area contributed by atoms with E-state index in [0.717, 1.165) is 41.0 Å². The van der Waals surface area contributed by atoms with E-state index in [1.165, 1.54) is 0 Å². The topological polar surface area (TPSA) is 69.4 Å². The van der Waals surface area contributed by atoms with E-state index < -0.39 is 0 Å². The lowest BCUT2D eigenvalue weighted by atomic mass is 10.0. The minimum Gasteiger partial charge on any atom is -0.399 e. The normalized spacial score (nSPS) is 21.8. The summed E-state index contributed by atoms with van der Waals surface area (Å²) < 4.78 is 11.1. The number of rotatable bonds is 4. The van der Waals surface area contributed by atoms with Crippen molar-refractivity contribution in [3.8, 4) is 0 Å². The minimum atomic E-state index is -0.246. The van der Waals surface area contributed by atoms with Crippen LogP contribution in [0.3, 0.4) is 0 Å². The third kappa shape index (κ3) is 2.80. The molecular formula is C16H21N3O2. The van der Waals surface area contributed by atoms with Gasteiger partial charge in [-0.1, -0.05) is 0 Å². The summed E-state index contributed by atoms with van der Waals surface area (Å²) in [5.74, 6) is 0. The van der Waals surface area contributed by atoms with E-state index in [1.807, 2.05) is 31.2 Å². The van der Waals surface area contributed by atoms with Crippen molar-refractivity contribution < 1.29 is 9.47 Å². The number of ether oxygens (including phenoxy) is 2. The van der Waals surface area contributed by atoms with Crippen molar-refractivity contribution in [2.24, 2.45) is 0 Å². The molecule has 21 heavy (non-hydrogen) atoms. The third-order valence-electron chi connectivity index (χ3n) is 4.06. The molecule has 1 aliphatic heterocycles. The molecule has 0 amide bonds. The maximum Gasteiger partial charge on any atom is 0.110 e. The Bertz CT molecular complexity index is 651. The van der Waals surface area contributed by atoms with Crippen molar-refractivity contribution in [1.29, 1.82) is 0 Å². The molecule has 0 aliphatic carbocycles. The highest BCUT2D eigenvalue weighted by Gasteiger charge is 2.34. The van der Waals surface area contributed by atoms with E-state index in [2.05, 4.69) is 10.3 Å². The second-order valence-electron chi connectivity index (χ2n) is 5.63. The van der Waals surface area contributed by atoms with E-state index in [0.29, 0.717) is 13.2 Å². The van der Waals surface area contributed by atoms with Crippen LogP contribution in [-0.2, 0) is 9.47 Å². The maximum atomic E-state index is 5.90. The summed E-state index contributed by atoms with van der Waals surface area (Å²) in [4.78, 5) is 4.54. The number of nitrogen functional groups attached to an aromatic ring is 1. The number of aryl methyl sites for hydroxylation is 1. The van der Waals surface area contributed by atoms with Gasteiger partial charge in [-0.25, -0.2) is 0 Å². The second-order valence-corrected chi connectivity index (χ2v) is 5.63. The van der Waals surface area contributed by atoms with Gasteiger partial charge in [-0.05, 0) is 31.2 Å². The van der Waals surface area contributed by atoms with Crippen molar-refractivity contribution in [2.75, 3.05) is 37.9 Å². The lowest BCUT2D eigenvalue weighted by molar-refractivity contribution is -0.00618. The van der Waals surface area contributed by atoms with Crippen LogP contribution in [0.1, 0.15) is 12.1 Å². The molecule has 1 saturated heterocycles. The first-order valence-corrected chi connectivity index (χ1v) is 7.16. The second kappa shape index (κ2) is 5.50. The lowest BCUT2D eigenvalue weighted by Gasteiger charge is -2.27. The van der Waals surface area contributed by atoms with E-state index in [4.69, 9.17) is 15.2 Å².